The lowest BCUT2D eigenvalue weighted by atomic mass is 9.78. The molecule has 1 N–H and O–H groups in total. The summed E-state index contributed by atoms with van der Waals surface area (Å²) in [5.74, 6) is 0.376. The van der Waals surface area contributed by atoms with E-state index in [2.05, 4.69) is 6.92 Å². The van der Waals surface area contributed by atoms with Gasteiger partial charge in [0.15, 0.2) is 5.78 Å². The molecule has 1 aliphatic rings. The van der Waals surface area contributed by atoms with E-state index >= 15 is 0 Å². The monoisotopic (exact) mass is 190 g/mol. The molecule has 12 heavy (non-hydrogen) atoms. The van der Waals surface area contributed by atoms with E-state index in [1.54, 1.807) is 0 Å². The lowest BCUT2D eigenvalue weighted by Gasteiger charge is -2.29. The maximum absolute atomic E-state index is 11.2. The average molecular weight is 191 g/mol. The summed E-state index contributed by atoms with van der Waals surface area (Å²) in [4.78, 5) is 11.2. The molecule has 0 aliphatic heterocycles. The van der Waals surface area contributed by atoms with Gasteiger partial charge in [-0.05, 0) is 25.2 Å². The van der Waals surface area contributed by atoms with Gasteiger partial charge in [0.2, 0.25) is 0 Å². The largest absolute Gasteiger partial charge is 0.392 e. The molecule has 1 saturated carbocycles. The molecule has 0 aromatic carbocycles. The van der Waals surface area contributed by atoms with Crippen LogP contribution in [0.1, 0.15) is 26.2 Å². The Kier molecular flexibility index (Phi) is 3.53. The Morgan fingerprint density at radius 3 is 2.83 bits per heavy atom. The van der Waals surface area contributed by atoms with E-state index < -0.39 is 6.10 Å². The number of Topliss-reactive ketones (excluding diaryl/α,β-unsaturated/α-hetero) is 1. The molecule has 0 heterocycles. The molecule has 0 saturated heterocycles. The van der Waals surface area contributed by atoms with Crippen molar-refractivity contribution in [1.29, 1.82) is 0 Å². The second kappa shape index (κ2) is 4.24. The van der Waals surface area contributed by atoms with Crippen LogP contribution in [0.25, 0.3) is 0 Å². The molecule has 1 rings (SSSR count). The standard InChI is InChI=1S/C9H15ClO2/c1-6-2-3-8(11)7(4-6)9(12)5-10/h6-8,11H,2-5H2,1H3. The van der Waals surface area contributed by atoms with E-state index in [0.29, 0.717) is 5.92 Å². The van der Waals surface area contributed by atoms with Crippen molar-refractivity contribution in [2.45, 2.75) is 32.3 Å². The average Bonchev–Trinajstić information content (AvgIpc) is 2.08. The van der Waals surface area contributed by atoms with Crippen molar-refractivity contribution in [2.75, 3.05) is 5.88 Å². The summed E-state index contributed by atoms with van der Waals surface area (Å²) < 4.78 is 0. The molecule has 0 aromatic heterocycles. The number of rotatable bonds is 2. The van der Waals surface area contributed by atoms with Gasteiger partial charge in [-0.3, -0.25) is 4.79 Å². The smallest absolute Gasteiger partial charge is 0.153 e. The molecule has 1 aliphatic carbocycles. The predicted octanol–water partition coefficient (Wildman–Crippen LogP) is 1.59. The highest BCUT2D eigenvalue weighted by molar-refractivity contribution is 6.27. The van der Waals surface area contributed by atoms with Crippen molar-refractivity contribution in [2.24, 2.45) is 11.8 Å². The van der Waals surface area contributed by atoms with Gasteiger partial charge in [-0.2, -0.15) is 0 Å². The Morgan fingerprint density at radius 2 is 2.25 bits per heavy atom. The SMILES string of the molecule is CC1CCC(O)C(C(=O)CCl)C1. The summed E-state index contributed by atoms with van der Waals surface area (Å²) in [5.41, 5.74) is 0. The Hall–Kier alpha value is -0.0800. The molecule has 2 nitrogen and oxygen atoms in total. The third-order valence-electron chi connectivity index (χ3n) is 2.62. The second-order valence-corrected chi connectivity index (χ2v) is 3.96. The number of aliphatic hydroxyl groups excluding tert-OH is 1. The summed E-state index contributed by atoms with van der Waals surface area (Å²) in [6.45, 7) is 2.11. The highest BCUT2D eigenvalue weighted by atomic mass is 35.5. The first-order valence-electron chi connectivity index (χ1n) is 4.42. The minimum atomic E-state index is -0.451. The van der Waals surface area contributed by atoms with Gasteiger partial charge in [0.1, 0.15) is 0 Å². The lowest BCUT2D eigenvalue weighted by molar-refractivity contribution is -0.126. The van der Waals surface area contributed by atoms with Crippen LogP contribution in [-0.2, 0) is 4.79 Å². The van der Waals surface area contributed by atoms with Crippen LogP contribution >= 0.6 is 11.6 Å². The van der Waals surface area contributed by atoms with Crippen molar-refractivity contribution in [3.63, 3.8) is 0 Å². The third-order valence-corrected chi connectivity index (χ3v) is 2.88. The van der Waals surface area contributed by atoms with Gasteiger partial charge in [0.25, 0.3) is 0 Å². The quantitative estimate of drug-likeness (QED) is 0.672. The fraction of sp³-hybridized carbons (Fsp3) is 0.889. The molecular formula is C9H15ClO2. The topological polar surface area (TPSA) is 37.3 Å². The number of halogens is 1. The predicted molar refractivity (Wildman–Crippen MR) is 48.2 cm³/mol. The summed E-state index contributed by atoms with van der Waals surface area (Å²) in [6.07, 6.45) is 2.11. The number of aliphatic hydroxyl groups is 1. The maximum atomic E-state index is 11.2. The Balaban J connectivity index is 2.54. The Labute approximate surface area is 77.9 Å². The zero-order valence-corrected chi connectivity index (χ0v) is 8.05. The highest BCUT2D eigenvalue weighted by Crippen LogP contribution is 2.29. The van der Waals surface area contributed by atoms with Crippen LogP contribution in [-0.4, -0.2) is 22.9 Å². The summed E-state index contributed by atoms with van der Waals surface area (Å²) in [6, 6.07) is 0. The zero-order chi connectivity index (χ0) is 9.14. The fourth-order valence-electron chi connectivity index (χ4n) is 1.81. The van der Waals surface area contributed by atoms with E-state index in [9.17, 15) is 9.90 Å². The second-order valence-electron chi connectivity index (χ2n) is 3.69. The zero-order valence-electron chi connectivity index (χ0n) is 7.29. The van der Waals surface area contributed by atoms with Gasteiger partial charge in [-0.15, -0.1) is 11.6 Å². The van der Waals surface area contributed by atoms with Gasteiger partial charge in [0, 0.05) is 5.92 Å². The first-order chi connectivity index (χ1) is 5.65. The van der Waals surface area contributed by atoms with E-state index in [-0.39, 0.29) is 17.6 Å². The van der Waals surface area contributed by atoms with E-state index in [1.165, 1.54) is 0 Å². The van der Waals surface area contributed by atoms with Gasteiger partial charge >= 0.3 is 0 Å². The third kappa shape index (κ3) is 2.20. The van der Waals surface area contributed by atoms with Crippen LogP contribution in [0.15, 0.2) is 0 Å². The minimum absolute atomic E-state index is 0.00397. The highest BCUT2D eigenvalue weighted by Gasteiger charge is 2.31. The van der Waals surface area contributed by atoms with Crippen LogP contribution in [0.3, 0.4) is 0 Å². The van der Waals surface area contributed by atoms with E-state index in [0.717, 1.165) is 19.3 Å². The van der Waals surface area contributed by atoms with Gasteiger partial charge in [-0.25, -0.2) is 0 Å². The molecule has 0 spiro atoms. The molecular weight excluding hydrogens is 176 g/mol. The molecule has 3 unspecified atom stereocenters. The normalized spacial score (nSPS) is 36.4. The summed E-state index contributed by atoms with van der Waals surface area (Å²) in [5, 5.41) is 9.51. The first kappa shape index (κ1) is 10.0. The number of hydrogen-bond acceptors (Lipinski definition) is 2. The molecule has 3 heteroatoms. The Morgan fingerprint density at radius 1 is 1.58 bits per heavy atom. The van der Waals surface area contributed by atoms with E-state index in [4.69, 9.17) is 11.6 Å². The number of ketones is 1. The van der Waals surface area contributed by atoms with Crippen LogP contribution in [0, 0.1) is 11.8 Å². The molecule has 0 bridgehead atoms. The van der Waals surface area contributed by atoms with Crippen molar-refractivity contribution in [1.82, 2.24) is 0 Å². The lowest BCUT2D eigenvalue weighted by Crippen LogP contribution is -2.34. The van der Waals surface area contributed by atoms with Crippen molar-refractivity contribution in [3.05, 3.63) is 0 Å². The van der Waals surface area contributed by atoms with E-state index in [1.807, 2.05) is 0 Å². The number of hydrogen-bond donors (Lipinski definition) is 1. The summed E-state index contributed by atoms with van der Waals surface area (Å²) >= 11 is 5.44. The number of carbonyl (C=O) groups excluding carboxylic acids is 1. The van der Waals surface area contributed by atoms with Crippen LogP contribution in [0.4, 0.5) is 0 Å². The molecule has 0 aromatic rings. The first-order valence-corrected chi connectivity index (χ1v) is 4.95. The van der Waals surface area contributed by atoms with Crippen molar-refractivity contribution >= 4 is 17.4 Å². The number of carbonyl (C=O) groups is 1. The Bertz CT molecular complexity index is 170. The van der Waals surface area contributed by atoms with Crippen molar-refractivity contribution < 1.29 is 9.90 Å². The van der Waals surface area contributed by atoms with Gasteiger partial charge < -0.3 is 5.11 Å². The summed E-state index contributed by atoms with van der Waals surface area (Å²) in [7, 11) is 0. The van der Waals surface area contributed by atoms with Crippen LogP contribution in [0.5, 0.6) is 0 Å². The van der Waals surface area contributed by atoms with Gasteiger partial charge in [-0.1, -0.05) is 6.92 Å². The van der Waals surface area contributed by atoms with Crippen LogP contribution in [0.2, 0.25) is 0 Å². The van der Waals surface area contributed by atoms with Crippen LogP contribution < -0.4 is 0 Å². The maximum Gasteiger partial charge on any atom is 0.153 e. The van der Waals surface area contributed by atoms with Gasteiger partial charge in [0.05, 0.1) is 12.0 Å². The minimum Gasteiger partial charge on any atom is -0.392 e. The molecule has 70 valence electrons. The van der Waals surface area contributed by atoms with Crippen molar-refractivity contribution in [3.8, 4) is 0 Å². The molecule has 1 fully saturated rings. The molecule has 0 radical (unpaired) electrons. The molecule has 0 amide bonds. The number of alkyl halides is 1. The fourth-order valence-corrected chi connectivity index (χ4v) is 2.01. The molecule has 3 atom stereocenters.